The van der Waals surface area contributed by atoms with E-state index in [1.807, 2.05) is 0 Å². The van der Waals surface area contributed by atoms with Crippen LogP contribution in [-0.4, -0.2) is 65.3 Å². The normalized spacial score (nSPS) is 15.6. The summed E-state index contributed by atoms with van der Waals surface area (Å²) in [5.41, 5.74) is -3.18. The van der Waals surface area contributed by atoms with Crippen LogP contribution in [0.1, 0.15) is 51.5 Å². The zero-order chi connectivity index (χ0) is 39.9. The quantitative estimate of drug-likeness (QED) is 0.161. The fourth-order valence-corrected chi connectivity index (χ4v) is 6.50. The van der Waals surface area contributed by atoms with Gasteiger partial charge in [0, 0.05) is 40.9 Å². The second-order valence-electron chi connectivity index (χ2n) is 13.0. The van der Waals surface area contributed by atoms with E-state index in [-0.39, 0.29) is 52.5 Å². The van der Waals surface area contributed by atoms with Gasteiger partial charge in [0.2, 0.25) is 0 Å². The summed E-state index contributed by atoms with van der Waals surface area (Å²) in [6, 6.07) is 16.4. The highest BCUT2D eigenvalue weighted by Gasteiger charge is 2.50. The maximum Gasteiger partial charge on any atom is 0.420 e. The minimum Gasteiger partial charge on any atom is -0.490 e. The molecule has 3 aromatic carbocycles. The fourth-order valence-electron chi connectivity index (χ4n) is 6.03. The Balaban J connectivity index is 1.38. The Bertz CT molecular complexity index is 2290. The van der Waals surface area contributed by atoms with Gasteiger partial charge in [-0.2, -0.15) is 26.3 Å². The van der Waals surface area contributed by atoms with Crippen LogP contribution in [0.15, 0.2) is 94.6 Å². The first kappa shape index (κ1) is 39.2. The maximum atomic E-state index is 14.2. The van der Waals surface area contributed by atoms with Crippen molar-refractivity contribution in [3.05, 3.63) is 128 Å². The van der Waals surface area contributed by atoms with Gasteiger partial charge in [0.15, 0.2) is 5.60 Å². The topological polar surface area (TPSA) is 132 Å². The number of aromatic nitrogens is 4. The van der Waals surface area contributed by atoms with Crippen LogP contribution in [0.4, 0.5) is 26.3 Å². The molecule has 1 aliphatic heterocycles. The number of halogens is 7. The van der Waals surface area contributed by atoms with Crippen LogP contribution in [-0.2, 0) is 25.8 Å². The molecule has 6 rings (SSSR count). The number of ether oxygens (including phenoxy) is 1. The van der Waals surface area contributed by atoms with Crippen LogP contribution in [0.2, 0.25) is 0 Å². The molecule has 0 saturated heterocycles. The highest BCUT2D eigenvalue weighted by molar-refractivity contribution is 9.10. The first-order valence-corrected chi connectivity index (χ1v) is 17.3. The summed E-state index contributed by atoms with van der Waals surface area (Å²) in [5, 5.41) is 12.6. The van der Waals surface area contributed by atoms with Crippen LogP contribution >= 0.6 is 15.9 Å². The van der Waals surface area contributed by atoms with Gasteiger partial charge in [-0.25, -0.2) is 14.8 Å². The molecule has 2 aromatic heterocycles. The standard InChI is InChI=1S/C37H31BrF6N6O5/c1-21-17-49-30(18-48(21)33(52)22-7-12-28(38)27(15-22)36(39,40)41)31(32(51)46-16-23-5-3-4-6-26(23)29-13-14-45-20-47-29)50(34(49)53)24-8-10-25(11-9-24)55-19-35(2,54)37(42,43)44/h3-15,20-21,54H,16-19H2,1-2H3,(H,46,51)/t21-,35-/m0/s1. The molecule has 2 amide bonds. The molecule has 288 valence electrons. The number of carbonyl (C=O) groups is 2. The average molecular weight is 834 g/mol. The third-order valence-corrected chi connectivity index (χ3v) is 9.77. The van der Waals surface area contributed by atoms with Crippen molar-refractivity contribution < 1.29 is 45.8 Å². The van der Waals surface area contributed by atoms with E-state index < -0.39 is 53.7 Å². The van der Waals surface area contributed by atoms with E-state index in [0.29, 0.717) is 23.7 Å². The largest absolute Gasteiger partial charge is 0.490 e. The van der Waals surface area contributed by atoms with E-state index in [4.69, 9.17) is 4.74 Å². The van der Waals surface area contributed by atoms with Crippen LogP contribution in [0, 0.1) is 0 Å². The molecule has 3 heterocycles. The maximum absolute atomic E-state index is 14.2. The smallest absolute Gasteiger partial charge is 0.420 e. The van der Waals surface area contributed by atoms with Crippen LogP contribution in [0.25, 0.3) is 16.9 Å². The van der Waals surface area contributed by atoms with E-state index in [2.05, 4.69) is 31.2 Å². The van der Waals surface area contributed by atoms with Crippen LogP contribution in [0.3, 0.4) is 0 Å². The Morgan fingerprint density at radius 3 is 2.38 bits per heavy atom. The van der Waals surface area contributed by atoms with E-state index in [0.717, 1.165) is 16.7 Å². The number of carbonyl (C=O) groups excluding carboxylic acids is 2. The van der Waals surface area contributed by atoms with E-state index in [1.165, 1.54) is 46.1 Å². The number of alkyl halides is 6. The molecule has 0 radical (unpaired) electrons. The Kier molecular flexibility index (Phi) is 10.7. The van der Waals surface area contributed by atoms with Crippen molar-refractivity contribution in [3.8, 4) is 22.7 Å². The predicted octanol–water partition coefficient (Wildman–Crippen LogP) is 6.54. The van der Waals surface area contributed by atoms with Gasteiger partial charge in [-0.1, -0.05) is 40.2 Å². The molecule has 55 heavy (non-hydrogen) atoms. The zero-order valence-electron chi connectivity index (χ0n) is 29.0. The third kappa shape index (κ3) is 8.00. The first-order valence-electron chi connectivity index (χ1n) is 16.5. The summed E-state index contributed by atoms with van der Waals surface area (Å²) in [4.78, 5) is 51.6. The van der Waals surface area contributed by atoms with Gasteiger partial charge in [-0.3, -0.25) is 18.7 Å². The summed E-state index contributed by atoms with van der Waals surface area (Å²) >= 11 is 2.88. The number of benzene rings is 3. The number of nitrogens with one attached hydrogen (secondary N) is 1. The molecule has 2 N–H and O–H groups in total. The lowest BCUT2D eigenvalue weighted by Gasteiger charge is -2.34. The zero-order valence-corrected chi connectivity index (χ0v) is 30.5. The molecule has 5 aromatic rings. The second kappa shape index (κ2) is 15.0. The molecule has 1 aliphatic rings. The van der Waals surface area contributed by atoms with Crippen molar-refractivity contribution >= 4 is 27.7 Å². The van der Waals surface area contributed by atoms with Crippen molar-refractivity contribution in [1.29, 1.82) is 0 Å². The van der Waals surface area contributed by atoms with Gasteiger partial charge in [0.05, 0.1) is 29.2 Å². The third-order valence-electron chi connectivity index (χ3n) is 9.08. The predicted molar refractivity (Wildman–Crippen MR) is 189 cm³/mol. The van der Waals surface area contributed by atoms with Gasteiger partial charge in [0.25, 0.3) is 11.8 Å². The monoisotopic (exact) mass is 832 g/mol. The van der Waals surface area contributed by atoms with Gasteiger partial charge >= 0.3 is 18.0 Å². The van der Waals surface area contributed by atoms with Crippen molar-refractivity contribution in [1.82, 2.24) is 29.3 Å². The molecule has 0 spiro atoms. The molecule has 0 fully saturated rings. The lowest BCUT2D eigenvalue weighted by Crippen LogP contribution is -2.47. The summed E-state index contributed by atoms with van der Waals surface area (Å²) < 4.78 is 88.0. The Morgan fingerprint density at radius 2 is 1.73 bits per heavy atom. The molecule has 2 atom stereocenters. The number of rotatable bonds is 9. The molecular weight excluding hydrogens is 802 g/mol. The molecule has 0 bridgehead atoms. The molecule has 18 heteroatoms. The molecule has 0 aliphatic carbocycles. The van der Waals surface area contributed by atoms with Crippen LogP contribution < -0.4 is 15.7 Å². The number of hydrogen-bond acceptors (Lipinski definition) is 7. The van der Waals surface area contributed by atoms with E-state index in [1.54, 1.807) is 43.5 Å². The molecule has 0 unspecified atom stereocenters. The minimum absolute atomic E-state index is 0.0398. The van der Waals surface area contributed by atoms with E-state index >= 15 is 0 Å². The van der Waals surface area contributed by atoms with Crippen molar-refractivity contribution in [3.63, 3.8) is 0 Å². The van der Waals surface area contributed by atoms with Crippen molar-refractivity contribution in [2.45, 2.75) is 57.5 Å². The average Bonchev–Trinajstić information content (AvgIpc) is 3.43. The second-order valence-corrected chi connectivity index (χ2v) is 13.8. The summed E-state index contributed by atoms with van der Waals surface area (Å²) in [7, 11) is 0. The lowest BCUT2D eigenvalue weighted by atomic mass is 10.0. The highest BCUT2D eigenvalue weighted by Crippen LogP contribution is 2.36. The Hall–Kier alpha value is -5.49. The number of amides is 2. The number of nitrogens with zero attached hydrogens (tertiary/aromatic N) is 5. The van der Waals surface area contributed by atoms with Crippen LogP contribution in [0.5, 0.6) is 5.75 Å². The summed E-state index contributed by atoms with van der Waals surface area (Å²) in [5.74, 6) is -1.58. The first-order chi connectivity index (χ1) is 25.9. The Labute approximate surface area is 317 Å². The number of fused-ring (bicyclic) bond motifs is 1. The molecular formula is C37H31BrF6N6O5. The van der Waals surface area contributed by atoms with Gasteiger partial charge in [-0.15, -0.1) is 0 Å². The summed E-state index contributed by atoms with van der Waals surface area (Å²) in [6.45, 7) is 0.547. The van der Waals surface area contributed by atoms with Gasteiger partial charge in [0.1, 0.15) is 24.4 Å². The number of imidazole rings is 1. The molecule has 11 nitrogen and oxygen atoms in total. The number of hydrogen-bond donors (Lipinski definition) is 2. The Morgan fingerprint density at radius 1 is 1.02 bits per heavy atom. The minimum atomic E-state index is -4.96. The highest BCUT2D eigenvalue weighted by atomic mass is 79.9. The number of aliphatic hydroxyl groups is 1. The SMILES string of the molecule is C[C@H]1Cn2c(c(C(=O)NCc3ccccc3-c3ccncn3)n(-c3ccc(OC[C@](C)(O)C(F)(F)F)cc3)c2=O)CN1C(=O)c1ccc(Br)c(C(F)(F)F)c1. The van der Waals surface area contributed by atoms with Crippen molar-refractivity contribution in [2.75, 3.05) is 6.61 Å². The van der Waals surface area contributed by atoms with E-state index in [9.17, 15) is 45.8 Å². The van der Waals surface area contributed by atoms with Gasteiger partial charge in [-0.05, 0) is 67.9 Å². The van der Waals surface area contributed by atoms with Crippen molar-refractivity contribution in [2.24, 2.45) is 0 Å². The summed E-state index contributed by atoms with van der Waals surface area (Å²) in [6.07, 6.45) is -6.79. The fraction of sp³-hybridized carbons (Fsp3) is 0.270. The van der Waals surface area contributed by atoms with Gasteiger partial charge < -0.3 is 20.1 Å². The molecule has 0 saturated carbocycles. The lowest BCUT2D eigenvalue weighted by molar-refractivity contribution is -0.260.